The van der Waals surface area contributed by atoms with Crippen LogP contribution in [0.15, 0.2) is 41.8 Å². The van der Waals surface area contributed by atoms with E-state index in [1.54, 1.807) is 11.3 Å². The molecule has 28 heavy (non-hydrogen) atoms. The molecule has 0 bridgehead atoms. The fourth-order valence-electron chi connectivity index (χ4n) is 3.73. The van der Waals surface area contributed by atoms with Crippen LogP contribution in [0.1, 0.15) is 41.5 Å². The molecule has 3 aromatic rings. The minimum atomic E-state index is -0.293. The number of hydrogen-bond acceptors (Lipinski definition) is 6. The Bertz CT molecular complexity index is 952. The molecule has 0 amide bonds. The van der Waals surface area contributed by atoms with Crippen LogP contribution >= 0.6 is 24.0 Å². The number of nitriles is 1. The molecule has 0 radical (unpaired) electrons. The minimum Gasteiger partial charge on any atom is -0.308 e. The molecule has 1 aliphatic heterocycles. The Labute approximate surface area is 175 Å². The van der Waals surface area contributed by atoms with Crippen LogP contribution in [-0.4, -0.2) is 39.3 Å². The van der Waals surface area contributed by atoms with Crippen LogP contribution in [0.4, 0.5) is 0 Å². The van der Waals surface area contributed by atoms with E-state index in [-0.39, 0.29) is 5.25 Å². The van der Waals surface area contributed by atoms with Gasteiger partial charge in [-0.1, -0.05) is 30.7 Å². The molecule has 1 aliphatic rings. The molecular formula is C21H23N5S2. The van der Waals surface area contributed by atoms with E-state index in [9.17, 15) is 5.26 Å². The lowest BCUT2D eigenvalue weighted by atomic mass is 10.0. The smallest absolute Gasteiger partial charge is 0.174 e. The highest BCUT2D eigenvalue weighted by atomic mass is 32.1. The summed E-state index contributed by atoms with van der Waals surface area (Å²) in [6.45, 7) is 4.12. The Morgan fingerprint density at radius 2 is 1.89 bits per heavy atom. The van der Waals surface area contributed by atoms with E-state index in [4.69, 9.17) is 12.6 Å². The lowest BCUT2D eigenvalue weighted by molar-refractivity contribution is 0.220. The van der Waals surface area contributed by atoms with E-state index in [1.807, 2.05) is 30.3 Å². The fraction of sp³-hybridized carbons (Fsp3) is 0.381. The van der Waals surface area contributed by atoms with Crippen LogP contribution in [0.5, 0.6) is 0 Å². The Balaban J connectivity index is 1.67. The molecule has 1 fully saturated rings. The van der Waals surface area contributed by atoms with Gasteiger partial charge < -0.3 is 9.47 Å². The third kappa shape index (κ3) is 4.00. The molecule has 1 atom stereocenters. The van der Waals surface area contributed by atoms with Gasteiger partial charge in [0.15, 0.2) is 11.6 Å². The summed E-state index contributed by atoms with van der Waals surface area (Å²) in [4.78, 5) is 3.62. The molecule has 5 nitrogen and oxygen atoms in total. The van der Waals surface area contributed by atoms with Crippen LogP contribution in [0.2, 0.25) is 0 Å². The van der Waals surface area contributed by atoms with Crippen molar-refractivity contribution >= 4 is 24.0 Å². The van der Waals surface area contributed by atoms with Gasteiger partial charge >= 0.3 is 0 Å². The Morgan fingerprint density at radius 1 is 1.07 bits per heavy atom. The SMILES string of the molecule is N#Cc1ccccc1C(S)c1nnc(-c2cccs2)n1CCN1CCCCC1. The summed E-state index contributed by atoms with van der Waals surface area (Å²) in [5.74, 6) is 1.68. The highest BCUT2D eigenvalue weighted by Gasteiger charge is 2.23. The van der Waals surface area contributed by atoms with Crippen LogP contribution in [0.3, 0.4) is 0 Å². The van der Waals surface area contributed by atoms with Gasteiger partial charge in [-0.2, -0.15) is 17.9 Å². The lowest BCUT2D eigenvalue weighted by Crippen LogP contribution is -2.33. The number of aromatic nitrogens is 3. The number of benzene rings is 1. The standard InChI is InChI=1S/C21H23N5S2/c22-15-16-7-2-3-8-17(16)19(27)21-24-23-20(18-9-6-14-28-18)26(21)13-12-25-10-4-1-5-11-25/h2-3,6-9,14,19,27H,1,4-5,10-13H2. The van der Waals surface area contributed by atoms with E-state index in [2.05, 4.69) is 37.2 Å². The van der Waals surface area contributed by atoms with Gasteiger partial charge in [0, 0.05) is 13.1 Å². The van der Waals surface area contributed by atoms with Gasteiger partial charge in [0.1, 0.15) is 0 Å². The van der Waals surface area contributed by atoms with Crippen molar-refractivity contribution in [2.45, 2.75) is 31.1 Å². The van der Waals surface area contributed by atoms with Gasteiger partial charge in [-0.3, -0.25) is 0 Å². The summed E-state index contributed by atoms with van der Waals surface area (Å²) in [5.41, 5.74) is 1.50. The number of hydrogen-bond donors (Lipinski definition) is 1. The number of thiol groups is 1. The number of likely N-dealkylation sites (tertiary alicyclic amines) is 1. The van der Waals surface area contributed by atoms with Crippen molar-refractivity contribution in [2.75, 3.05) is 19.6 Å². The van der Waals surface area contributed by atoms with Gasteiger partial charge in [-0.15, -0.1) is 21.5 Å². The van der Waals surface area contributed by atoms with E-state index in [0.717, 1.165) is 48.3 Å². The molecule has 1 unspecified atom stereocenters. The first-order valence-electron chi connectivity index (χ1n) is 9.64. The summed E-state index contributed by atoms with van der Waals surface area (Å²) in [6.07, 6.45) is 3.88. The summed E-state index contributed by atoms with van der Waals surface area (Å²) in [6, 6.07) is 14.0. The van der Waals surface area contributed by atoms with Gasteiger partial charge in [-0.05, 0) is 49.0 Å². The molecule has 0 spiro atoms. The zero-order chi connectivity index (χ0) is 19.3. The summed E-state index contributed by atoms with van der Waals surface area (Å²) in [7, 11) is 0. The topological polar surface area (TPSA) is 57.7 Å². The van der Waals surface area contributed by atoms with Crippen molar-refractivity contribution in [3.05, 3.63) is 58.7 Å². The summed E-state index contributed by atoms with van der Waals surface area (Å²) >= 11 is 6.51. The average Bonchev–Trinajstić information content (AvgIpc) is 3.42. The molecular weight excluding hydrogens is 386 g/mol. The highest BCUT2D eigenvalue weighted by molar-refractivity contribution is 7.80. The Hall–Kier alpha value is -2.14. The molecule has 0 N–H and O–H groups in total. The minimum absolute atomic E-state index is 0.293. The quantitative estimate of drug-likeness (QED) is 0.614. The first-order valence-corrected chi connectivity index (χ1v) is 11.0. The van der Waals surface area contributed by atoms with Crippen molar-refractivity contribution in [2.24, 2.45) is 0 Å². The van der Waals surface area contributed by atoms with E-state index >= 15 is 0 Å². The second-order valence-corrected chi connectivity index (χ2v) is 8.48. The maximum atomic E-state index is 9.48. The fourth-order valence-corrected chi connectivity index (χ4v) is 4.86. The van der Waals surface area contributed by atoms with Gasteiger partial charge in [-0.25, -0.2) is 0 Å². The van der Waals surface area contributed by atoms with E-state index in [1.165, 1.54) is 19.3 Å². The molecule has 4 rings (SSSR count). The molecule has 0 aliphatic carbocycles. The molecule has 7 heteroatoms. The van der Waals surface area contributed by atoms with Crippen molar-refractivity contribution in [1.82, 2.24) is 19.7 Å². The van der Waals surface area contributed by atoms with Crippen LogP contribution in [-0.2, 0) is 6.54 Å². The van der Waals surface area contributed by atoms with E-state index < -0.39 is 0 Å². The molecule has 0 saturated carbocycles. The summed E-state index contributed by atoms with van der Waals surface area (Å²) < 4.78 is 2.19. The maximum absolute atomic E-state index is 9.48. The largest absolute Gasteiger partial charge is 0.308 e. The average molecular weight is 410 g/mol. The van der Waals surface area contributed by atoms with Gasteiger partial charge in [0.2, 0.25) is 0 Å². The normalized spacial score (nSPS) is 16.0. The van der Waals surface area contributed by atoms with Crippen LogP contribution in [0.25, 0.3) is 10.7 Å². The second-order valence-electron chi connectivity index (χ2n) is 7.01. The number of nitrogens with zero attached hydrogens (tertiary/aromatic N) is 5. The second kappa shape index (κ2) is 8.91. The van der Waals surface area contributed by atoms with Crippen LogP contribution < -0.4 is 0 Å². The molecule has 1 aromatic carbocycles. The molecule has 3 heterocycles. The zero-order valence-electron chi connectivity index (χ0n) is 15.7. The van der Waals surface area contributed by atoms with E-state index in [0.29, 0.717) is 5.56 Å². The third-order valence-electron chi connectivity index (χ3n) is 5.23. The molecule has 1 saturated heterocycles. The first kappa shape index (κ1) is 19.2. The summed E-state index contributed by atoms with van der Waals surface area (Å²) in [5, 5.41) is 20.2. The van der Waals surface area contributed by atoms with Gasteiger partial charge in [0.25, 0.3) is 0 Å². The lowest BCUT2D eigenvalue weighted by Gasteiger charge is -2.27. The maximum Gasteiger partial charge on any atom is 0.174 e. The molecule has 2 aromatic heterocycles. The monoisotopic (exact) mass is 409 g/mol. The number of rotatable bonds is 6. The Morgan fingerprint density at radius 3 is 2.64 bits per heavy atom. The van der Waals surface area contributed by atoms with Crippen molar-refractivity contribution in [3.8, 4) is 16.8 Å². The third-order valence-corrected chi connectivity index (χ3v) is 6.60. The van der Waals surface area contributed by atoms with Crippen molar-refractivity contribution in [1.29, 1.82) is 5.26 Å². The Kier molecular flexibility index (Phi) is 6.10. The zero-order valence-corrected chi connectivity index (χ0v) is 17.4. The predicted molar refractivity (Wildman–Crippen MR) is 116 cm³/mol. The molecule has 144 valence electrons. The number of piperidine rings is 1. The highest BCUT2D eigenvalue weighted by Crippen LogP contribution is 2.33. The van der Waals surface area contributed by atoms with Gasteiger partial charge in [0.05, 0.1) is 21.8 Å². The van der Waals surface area contributed by atoms with Crippen molar-refractivity contribution in [3.63, 3.8) is 0 Å². The van der Waals surface area contributed by atoms with Crippen molar-refractivity contribution < 1.29 is 0 Å². The first-order chi connectivity index (χ1) is 13.8. The predicted octanol–water partition coefficient (Wildman–Crippen LogP) is 4.38. The van der Waals surface area contributed by atoms with Crippen LogP contribution in [0, 0.1) is 11.3 Å². The number of thiophene rings is 1.